The number of aliphatic hydroxyl groups excluding tert-OH is 1. The summed E-state index contributed by atoms with van der Waals surface area (Å²) in [6.07, 6.45) is 7.85. The van der Waals surface area contributed by atoms with Gasteiger partial charge in [-0.25, -0.2) is 0 Å². The van der Waals surface area contributed by atoms with Crippen molar-refractivity contribution in [1.82, 2.24) is 4.90 Å². The van der Waals surface area contributed by atoms with Crippen molar-refractivity contribution < 1.29 is 38.7 Å². The molecule has 0 aromatic heterocycles. The second-order valence-electron chi connectivity index (χ2n) is 19.7. The highest BCUT2D eigenvalue weighted by Gasteiger charge is 2.84. The predicted molar refractivity (Wildman–Crippen MR) is 183 cm³/mol. The number of hydrogen-bond acceptors (Lipinski definition) is 9. The second kappa shape index (κ2) is 11.6. The summed E-state index contributed by atoms with van der Waals surface area (Å²) in [6.45, 7) is 21.1. The lowest BCUT2D eigenvalue weighted by Crippen LogP contribution is -2.60. The van der Waals surface area contributed by atoms with Gasteiger partial charge in [0, 0.05) is 38.1 Å². The Morgan fingerprint density at radius 1 is 1.00 bits per heavy atom. The molecule has 2 spiro atoms. The number of esters is 1. The average molecular weight is 688 g/mol. The summed E-state index contributed by atoms with van der Waals surface area (Å²) in [4.78, 5) is 14.6. The number of ether oxygens (including phenoxy) is 5. The van der Waals surface area contributed by atoms with E-state index in [2.05, 4.69) is 39.5 Å². The van der Waals surface area contributed by atoms with Crippen LogP contribution in [0.25, 0.3) is 0 Å². The molecular weight excluding hydrogens is 622 g/mol. The lowest BCUT2D eigenvalue weighted by atomic mass is 9.41. The van der Waals surface area contributed by atoms with Crippen molar-refractivity contribution in [3.8, 4) is 0 Å². The van der Waals surface area contributed by atoms with Crippen LogP contribution < -0.4 is 0 Å². The van der Waals surface area contributed by atoms with E-state index in [9.17, 15) is 15.0 Å². The molecule has 0 radical (unpaired) electrons. The predicted octanol–water partition coefficient (Wildman–Crippen LogP) is 5.33. The molecule has 3 saturated heterocycles. The minimum Gasteiger partial charge on any atom is -0.457 e. The van der Waals surface area contributed by atoms with Gasteiger partial charge in [0.15, 0.2) is 12.4 Å². The van der Waals surface area contributed by atoms with Gasteiger partial charge in [-0.05, 0) is 117 Å². The minimum absolute atomic E-state index is 0.0480. The van der Waals surface area contributed by atoms with E-state index in [4.69, 9.17) is 23.7 Å². The molecule has 5 saturated carbocycles. The highest BCUT2D eigenvalue weighted by Crippen LogP contribution is 2.89. The van der Waals surface area contributed by atoms with Crippen LogP contribution >= 0.6 is 0 Å². The molecule has 49 heavy (non-hydrogen) atoms. The summed E-state index contributed by atoms with van der Waals surface area (Å²) in [7, 11) is 0. The molecule has 8 fully saturated rings. The molecule has 0 amide bonds. The lowest BCUT2D eigenvalue weighted by Gasteiger charge is -2.64. The fourth-order valence-corrected chi connectivity index (χ4v) is 14.6. The van der Waals surface area contributed by atoms with E-state index in [1.807, 2.05) is 0 Å². The minimum atomic E-state index is -1.25. The molecule has 8 aliphatic rings. The number of nitrogens with zero attached hydrogens (tertiary/aromatic N) is 1. The van der Waals surface area contributed by atoms with Crippen LogP contribution in [0, 0.1) is 50.7 Å². The largest absolute Gasteiger partial charge is 0.457 e. The third-order valence-electron chi connectivity index (χ3n) is 16.9. The summed E-state index contributed by atoms with van der Waals surface area (Å²) in [6, 6.07) is 0.489. The van der Waals surface area contributed by atoms with E-state index < -0.39 is 29.9 Å². The Morgan fingerprint density at radius 2 is 1.73 bits per heavy atom. The summed E-state index contributed by atoms with van der Waals surface area (Å²) in [5.41, 5.74) is -0.953. The Balaban J connectivity index is 1.02. The normalized spacial score (nSPS) is 52.6. The molecule has 5 aliphatic carbocycles. The van der Waals surface area contributed by atoms with Crippen molar-refractivity contribution in [2.24, 2.45) is 50.7 Å². The van der Waals surface area contributed by atoms with Crippen LogP contribution in [0.2, 0.25) is 0 Å². The van der Waals surface area contributed by atoms with Gasteiger partial charge in [0.2, 0.25) is 0 Å². The molecule has 3 aliphatic heterocycles. The summed E-state index contributed by atoms with van der Waals surface area (Å²) in [5.74, 6) is 1.12. The highest BCUT2D eigenvalue weighted by molar-refractivity contribution is 5.66. The van der Waals surface area contributed by atoms with Crippen molar-refractivity contribution in [1.29, 1.82) is 0 Å². The molecule has 3 heterocycles. The van der Waals surface area contributed by atoms with E-state index in [0.717, 1.165) is 58.6 Å². The topological polar surface area (TPSA) is 107 Å². The summed E-state index contributed by atoms with van der Waals surface area (Å²) >= 11 is 0. The Kier molecular flexibility index (Phi) is 8.34. The van der Waals surface area contributed by atoms with Crippen LogP contribution in [0.15, 0.2) is 0 Å². The standard InChI is InChI=1S/C40H65NO8/c1-23-19-26(34(36(5,6)44)47-24(2)42)48-32-31(23)37(7)14-15-40-22-39(40)13-11-29(49-30-20-41(16-18-46-30)25-12-17-45-21-25)35(3,4)27(39)9-10-28(40)38(37,8)33(32)43/h23,25-34,43-44H,9-22H2,1-8H3/t23?,25?,26-,27+,28+,29+,30+,31?,32+,33+,34+,37-,38-,39-,40+/m1/s1. The molecule has 2 N–H and O–H groups in total. The van der Waals surface area contributed by atoms with Crippen molar-refractivity contribution in [3.63, 3.8) is 0 Å². The number of carbonyl (C=O) groups is 1. The molecular formula is C40H65NO8. The maximum atomic E-state index is 12.6. The number of morpholine rings is 1. The number of rotatable bonds is 6. The first kappa shape index (κ1) is 35.2. The fourth-order valence-electron chi connectivity index (χ4n) is 14.6. The van der Waals surface area contributed by atoms with Gasteiger partial charge in [0.1, 0.15) is 0 Å². The van der Waals surface area contributed by atoms with Gasteiger partial charge in [-0.1, -0.05) is 34.6 Å². The van der Waals surface area contributed by atoms with Gasteiger partial charge < -0.3 is 33.9 Å². The third-order valence-corrected chi connectivity index (χ3v) is 16.9. The molecule has 9 heteroatoms. The van der Waals surface area contributed by atoms with Gasteiger partial charge in [-0.2, -0.15) is 0 Å². The maximum Gasteiger partial charge on any atom is 0.303 e. The van der Waals surface area contributed by atoms with Gasteiger partial charge in [-0.15, -0.1) is 0 Å². The van der Waals surface area contributed by atoms with Crippen LogP contribution in [0.5, 0.6) is 0 Å². The van der Waals surface area contributed by atoms with E-state index in [1.54, 1.807) is 13.8 Å². The van der Waals surface area contributed by atoms with Crippen molar-refractivity contribution in [2.75, 3.05) is 32.9 Å². The average Bonchev–Trinajstić information content (AvgIpc) is 3.29. The van der Waals surface area contributed by atoms with Crippen molar-refractivity contribution in [3.05, 3.63) is 0 Å². The monoisotopic (exact) mass is 687 g/mol. The van der Waals surface area contributed by atoms with E-state index in [-0.39, 0.29) is 52.0 Å². The lowest BCUT2D eigenvalue weighted by molar-refractivity contribution is -0.251. The molecule has 0 bridgehead atoms. The van der Waals surface area contributed by atoms with E-state index in [0.29, 0.717) is 29.7 Å². The second-order valence-corrected chi connectivity index (χ2v) is 19.7. The van der Waals surface area contributed by atoms with Crippen LogP contribution in [0.3, 0.4) is 0 Å². The Bertz CT molecular complexity index is 1300. The first-order chi connectivity index (χ1) is 23.0. The van der Waals surface area contributed by atoms with Gasteiger partial charge in [0.05, 0.1) is 43.2 Å². The molecule has 3 unspecified atom stereocenters. The van der Waals surface area contributed by atoms with Gasteiger partial charge in [0.25, 0.3) is 0 Å². The fraction of sp³-hybridized carbons (Fsp3) is 0.975. The van der Waals surface area contributed by atoms with E-state index in [1.165, 1.54) is 32.6 Å². The highest BCUT2D eigenvalue weighted by atomic mass is 16.7. The molecule has 278 valence electrons. The zero-order chi connectivity index (χ0) is 34.9. The summed E-state index contributed by atoms with van der Waals surface area (Å²) < 4.78 is 31.5. The quantitative estimate of drug-likeness (QED) is 0.358. The smallest absolute Gasteiger partial charge is 0.303 e. The first-order valence-corrected chi connectivity index (χ1v) is 19.8. The molecule has 9 nitrogen and oxygen atoms in total. The van der Waals surface area contributed by atoms with Crippen LogP contribution in [0.4, 0.5) is 0 Å². The zero-order valence-corrected chi connectivity index (χ0v) is 31.5. The van der Waals surface area contributed by atoms with Crippen molar-refractivity contribution >= 4 is 5.97 Å². The van der Waals surface area contributed by atoms with Crippen LogP contribution in [0.1, 0.15) is 113 Å². The number of aliphatic hydroxyl groups is 2. The number of carbonyl (C=O) groups excluding carboxylic acids is 1. The van der Waals surface area contributed by atoms with Crippen LogP contribution in [-0.2, 0) is 28.5 Å². The zero-order valence-electron chi connectivity index (χ0n) is 31.5. The molecule has 8 rings (SSSR count). The summed E-state index contributed by atoms with van der Waals surface area (Å²) in [5, 5.41) is 23.6. The molecule has 0 aromatic rings. The van der Waals surface area contributed by atoms with Crippen LogP contribution in [-0.4, -0.2) is 102 Å². The number of hydrogen-bond donors (Lipinski definition) is 2. The molecule has 15 atom stereocenters. The third kappa shape index (κ3) is 4.90. The Morgan fingerprint density at radius 3 is 2.43 bits per heavy atom. The SMILES string of the molecule is CC(=O)O[C@@H]([C@H]1CC(C)C2[C@H](O1)[C@H](O)[C@@]1(C)[C@@H]3CC[C@H]4C(C)(C)[C@@H](O[C@H]5CN(C6CCOC6)CCO5)CC[C@@]45C[C@@]35CC[C@]21C)C(C)(C)O. The number of fused-ring (bicyclic) bond motifs is 4. The van der Waals surface area contributed by atoms with E-state index >= 15 is 0 Å². The first-order valence-electron chi connectivity index (χ1n) is 19.8. The van der Waals surface area contributed by atoms with Crippen molar-refractivity contribution in [2.45, 2.75) is 162 Å². The molecule has 0 aromatic carbocycles. The Hall–Kier alpha value is -0.810. The van der Waals surface area contributed by atoms with Gasteiger partial charge in [-0.3, -0.25) is 9.69 Å². The maximum absolute atomic E-state index is 12.6. The Labute approximate surface area is 294 Å². The van der Waals surface area contributed by atoms with Gasteiger partial charge >= 0.3 is 5.97 Å².